The van der Waals surface area contributed by atoms with Gasteiger partial charge in [-0.1, -0.05) is 18.2 Å². The Labute approximate surface area is 125 Å². The van der Waals surface area contributed by atoms with Crippen molar-refractivity contribution < 1.29 is 25.2 Å². The average molecular weight is 311 g/mol. The Morgan fingerprint density at radius 2 is 1.76 bits per heavy atom. The van der Waals surface area contributed by atoms with E-state index in [4.69, 9.17) is 0 Å². The molecule has 0 aliphatic rings. The van der Waals surface area contributed by atoms with Crippen LogP contribution in [0.2, 0.25) is 0 Å². The zero-order valence-corrected chi connectivity index (χ0v) is 12.1. The fourth-order valence-electron chi connectivity index (χ4n) is 2.04. The van der Waals surface area contributed by atoms with E-state index < -0.39 is 31.3 Å². The molecule has 1 heterocycles. The van der Waals surface area contributed by atoms with Gasteiger partial charge in [0.2, 0.25) is 0 Å². The van der Waals surface area contributed by atoms with Gasteiger partial charge in [0.05, 0.1) is 25.4 Å². The quantitative estimate of drug-likeness (QED) is 0.506. The van der Waals surface area contributed by atoms with Gasteiger partial charge in [0.1, 0.15) is 4.88 Å². The maximum atomic E-state index is 11.4. The van der Waals surface area contributed by atoms with E-state index in [1.54, 1.807) is 0 Å². The van der Waals surface area contributed by atoms with Gasteiger partial charge in [-0.05, 0) is 17.0 Å². The van der Waals surface area contributed by atoms with E-state index in [2.05, 4.69) is 5.32 Å². The molecule has 0 saturated heterocycles. The average Bonchev–Trinajstić information content (AvgIpc) is 2.88. The third-order valence-electron chi connectivity index (χ3n) is 3.44. The van der Waals surface area contributed by atoms with Crippen LogP contribution in [0.15, 0.2) is 24.3 Å². The Morgan fingerprint density at radius 3 is 2.33 bits per heavy atom. The molecule has 5 N–H and O–H groups in total. The monoisotopic (exact) mass is 311 g/mol. The molecule has 2 aromatic rings. The van der Waals surface area contributed by atoms with Crippen LogP contribution in [0.1, 0.15) is 15.2 Å². The van der Waals surface area contributed by atoms with Gasteiger partial charge in [0.15, 0.2) is 0 Å². The van der Waals surface area contributed by atoms with Gasteiger partial charge in [0, 0.05) is 11.2 Å². The second kappa shape index (κ2) is 6.50. The zero-order chi connectivity index (χ0) is 15.5. The number of carboxylic acids is 1. The van der Waals surface area contributed by atoms with E-state index in [9.17, 15) is 25.2 Å². The molecule has 0 radical (unpaired) electrons. The number of thiophene rings is 1. The largest absolute Gasteiger partial charge is 0.477 e. The lowest BCUT2D eigenvalue weighted by molar-refractivity contribution is 0.0414. The molecule has 6 nitrogen and oxygen atoms in total. The minimum atomic E-state index is -1.24. The first-order valence-electron chi connectivity index (χ1n) is 6.38. The fourth-order valence-corrected chi connectivity index (χ4v) is 3.10. The molecule has 0 fully saturated rings. The van der Waals surface area contributed by atoms with Crippen LogP contribution in [0, 0.1) is 0 Å². The normalized spacial score (nSPS) is 12.0. The number of aliphatic hydroxyl groups excluding tert-OH is 3. The number of benzene rings is 1. The Balaban J connectivity index is 2.37. The van der Waals surface area contributed by atoms with Crippen molar-refractivity contribution in [2.24, 2.45) is 0 Å². The van der Waals surface area contributed by atoms with Crippen molar-refractivity contribution in [3.05, 3.63) is 34.7 Å². The van der Waals surface area contributed by atoms with Crippen LogP contribution in [0.25, 0.3) is 10.1 Å². The second-order valence-electron chi connectivity index (χ2n) is 4.82. The number of rotatable bonds is 7. The molecular weight excluding hydrogens is 294 g/mol. The van der Waals surface area contributed by atoms with Gasteiger partial charge in [0.25, 0.3) is 0 Å². The summed E-state index contributed by atoms with van der Waals surface area (Å²) in [5, 5.41) is 40.9. The van der Waals surface area contributed by atoms with Crippen LogP contribution in [0.4, 0.5) is 0 Å². The van der Waals surface area contributed by atoms with Gasteiger partial charge in [-0.3, -0.25) is 0 Å². The molecule has 0 amide bonds. The van der Waals surface area contributed by atoms with Gasteiger partial charge < -0.3 is 25.7 Å². The summed E-state index contributed by atoms with van der Waals surface area (Å²) in [6.07, 6.45) is 0. The molecule has 114 valence electrons. The molecule has 0 atom stereocenters. The van der Waals surface area contributed by atoms with Crippen molar-refractivity contribution in [3.63, 3.8) is 0 Å². The predicted octanol–water partition coefficient (Wildman–Crippen LogP) is 0.405. The number of fused-ring (bicyclic) bond motifs is 1. The minimum absolute atomic E-state index is 0.132. The minimum Gasteiger partial charge on any atom is -0.477 e. The summed E-state index contributed by atoms with van der Waals surface area (Å²) in [7, 11) is 0. The SMILES string of the molecule is O=C(O)c1sc2ccccc2c1CNC(CO)(CO)CO. The van der Waals surface area contributed by atoms with Crippen LogP contribution in [-0.2, 0) is 6.54 Å². The van der Waals surface area contributed by atoms with E-state index in [1.165, 1.54) is 11.3 Å². The Kier molecular flexibility index (Phi) is 4.92. The van der Waals surface area contributed by atoms with E-state index in [0.29, 0.717) is 5.56 Å². The zero-order valence-electron chi connectivity index (χ0n) is 11.2. The smallest absolute Gasteiger partial charge is 0.346 e. The second-order valence-corrected chi connectivity index (χ2v) is 5.87. The molecule has 0 aliphatic carbocycles. The fraction of sp³-hybridized carbons (Fsp3) is 0.357. The predicted molar refractivity (Wildman–Crippen MR) is 79.6 cm³/mol. The summed E-state index contributed by atoms with van der Waals surface area (Å²) in [5.74, 6) is -1.02. The van der Waals surface area contributed by atoms with Crippen molar-refractivity contribution in [2.45, 2.75) is 12.1 Å². The molecule has 0 aliphatic heterocycles. The maximum absolute atomic E-state index is 11.4. The summed E-state index contributed by atoms with van der Waals surface area (Å²) >= 11 is 1.18. The van der Waals surface area contributed by atoms with Crippen molar-refractivity contribution in [3.8, 4) is 0 Å². The van der Waals surface area contributed by atoms with Gasteiger partial charge >= 0.3 is 5.97 Å². The number of hydrogen-bond donors (Lipinski definition) is 5. The number of hydrogen-bond acceptors (Lipinski definition) is 6. The van der Waals surface area contributed by atoms with Crippen molar-refractivity contribution in [2.75, 3.05) is 19.8 Å². The summed E-state index contributed by atoms with van der Waals surface area (Å²) in [5.41, 5.74) is -0.651. The molecule has 0 unspecified atom stereocenters. The number of carbonyl (C=O) groups is 1. The van der Waals surface area contributed by atoms with Crippen LogP contribution < -0.4 is 5.32 Å². The highest BCUT2D eigenvalue weighted by atomic mass is 32.1. The lowest BCUT2D eigenvalue weighted by Gasteiger charge is -2.28. The maximum Gasteiger partial charge on any atom is 0.346 e. The molecule has 0 saturated carbocycles. The van der Waals surface area contributed by atoms with Crippen LogP contribution in [0.5, 0.6) is 0 Å². The molecule has 0 spiro atoms. The third-order valence-corrected chi connectivity index (χ3v) is 4.64. The van der Waals surface area contributed by atoms with Gasteiger partial charge in [-0.2, -0.15) is 0 Å². The molecule has 1 aromatic heterocycles. The first-order valence-corrected chi connectivity index (χ1v) is 7.20. The summed E-state index contributed by atoms with van der Waals surface area (Å²) in [6, 6.07) is 7.32. The Hall–Kier alpha value is -1.51. The van der Waals surface area contributed by atoms with Crippen molar-refractivity contribution in [1.82, 2.24) is 5.32 Å². The van der Waals surface area contributed by atoms with E-state index in [1.807, 2.05) is 24.3 Å². The van der Waals surface area contributed by atoms with E-state index in [0.717, 1.165) is 10.1 Å². The molecule has 7 heteroatoms. The highest BCUT2D eigenvalue weighted by Gasteiger charge is 2.28. The van der Waals surface area contributed by atoms with Gasteiger partial charge in [-0.25, -0.2) is 4.79 Å². The molecule has 0 bridgehead atoms. The van der Waals surface area contributed by atoms with E-state index in [-0.39, 0.29) is 11.4 Å². The standard InChI is InChI=1S/C14H17NO5S/c16-6-14(7-17,8-18)15-5-10-9-3-1-2-4-11(9)21-12(10)13(19)20/h1-4,15-18H,5-8H2,(H,19,20). The molecular formula is C14H17NO5S. The lowest BCUT2D eigenvalue weighted by Crippen LogP contribution is -2.54. The van der Waals surface area contributed by atoms with Crippen molar-refractivity contribution >= 4 is 27.4 Å². The summed E-state index contributed by atoms with van der Waals surface area (Å²) in [4.78, 5) is 11.6. The van der Waals surface area contributed by atoms with Gasteiger partial charge in [-0.15, -0.1) is 11.3 Å². The number of carboxylic acid groups (broad SMARTS) is 1. The van der Waals surface area contributed by atoms with Crippen LogP contribution in [-0.4, -0.2) is 51.8 Å². The lowest BCUT2D eigenvalue weighted by atomic mass is 10.0. The Morgan fingerprint density at radius 1 is 1.14 bits per heavy atom. The number of aliphatic hydroxyl groups is 3. The topological polar surface area (TPSA) is 110 Å². The summed E-state index contributed by atoms with van der Waals surface area (Å²) < 4.78 is 0.856. The van der Waals surface area contributed by atoms with Crippen molar-refractivity contribution in [1.29, 1.82) is 0 Å². The number of aromatic carboxylic acids is 1. The van der Waals surface area contributed by atoms with E-state index >= 15 is 0 Å². The Bertz CT molecular complexity index is 627. The summed E-state index contributed by atoms with van der Waals surface area (Å²) in [6.45, 7) is -1.23. The number of nitrogens with one attached hydrogen (secondary N) is 1. The highest BCUT2D eigenvalue weighted by molar-refractivity contribution is 7.21. The molecule has 21 heavy (non-hydrogen) atoms. The highest BCUT2D eigenvalue weighted by Crippen LogP contribution is 2.31. The molecule has 2 rings (SSSR count). The first-order chi connectivity index (χ1) is 10.1. The molecule has 1 aromatic carbocycles. The first kappa shape index (κ1) is 15.9. The van der Waals surface area contributed by atoms with Crippen LogP contribution in [0.3, 0.4) is 0 Å². The third kappa shape index (κ3) is 3.07. The van der Waals surface area contributed by atoms with Crippen LogP contribution >= 0.6 is 11.3 Å².